The molecule has 1 aromatic heterocycles. The molecule has 1 fully saturated rings. The Hall–Kier alpha value is -1.89. The Kier molecular flexibility index (Phi) is 4.72. The van der Waals surface area contributed by atoms with Crippen molar-refractivity contribution < 1.29 is 0 Å². The van der Waals surface area contributed by atoms with Gasteiger partial charge in [-0.3, -0.25) is 4.98 Å². The summed E-state index contributed by atoms with van der Waals surface area (Å²) in [6.45, 7) is 4.49. The van der Waals surface area contributed by atoms with Crippen LogP contribution in [-0.4, -0.2) is 4.98 Å². The van der Waals surface area contributed by atoms with Crippen LogP contribution in [-0.2, 0) is 0 Å². The van der Waals surface area contributed by atoms with Gasteiger partial charge in [0.1, 0.15) is 0 Å². The summed E-state index contributed by atoms with van der Waals surface area (Å²) in [6.07, 6.45) is 11.6. The lowest BCUT2D eigenvalue weighted by atomic mass is 9.79. The minimum Gasteiger partial charge on any atom is -0.257 e. The predicted octanol–water partition coefficient (Wildman–Crippen LogP) is 5.85. The summed E-state index contributed by atoms with van der Waals surface area (Å²) in [4.78, 5) is 4.62. The molecule has 2 aromatic rings. The average molecular weight is 291 g/mol. The van der Waals surface area contributed by atoms with E-state index in [0.717, 1.165) is 11.6 Å². The number of aryl methyl sites for hydroxylation is 1. The van der Waals surface area contributed by atoms with Gasteiger partial charge in [0.05, 0.1) is 5.69 Å². The second kappa shape index (κ2) is 6.91. The van der Waals surface area contributed by atoms with Gasteiger partial charge < -0.3 is 0 Å². The maximum atomic E-state index is 4.62. The van der Waals surface area contributed by atoms with E-state index in [-0.39, 0.29) is 0 Å². The second-order valence-electron chi connectivity index (χ2n) is 6.68. The van der Waals surface area contributed by atoms with Crippen LogP contribution >= 0.6 is 0 Å². The molecular formula is C21H25N. The number of pyridine rings is 1. The van der Waals surface area contributed by atoms with E-state index in [0.29, 0.717) is 5.92 Å². The van der Waals surface area contributed by atoms with E-state index in [4.69, 9.17) is 0 Å². The fourth-order valence-electron chi connectivity index (χ4n) is 3.34. The van der Waals surface area contributed by atoms with Gasteiger partial charge in [-0.15, -0.1) is 0 Å². The standard InChI is InChI=1S/C21H25N/c1-16-5-9-18(10-6-16)11-14-21-20(4-3-15-22-21)19-12-7-17(2)8-13-19/h3-6,9-11,14-15,17,19H,7-8,12-13H2,1-2H3/b14-11-. The van der Waals surface area contributed by atoms with E-state index in [1.54, 1.807) is 0 Å². The molecule has 0 spiro atoms. The van der Waals surface area contributed by atoms with Crippen molar-refractivity contribution in [3.05, 3.63) is 65.0 Å². The van der Waals surface area contributed by atoms with E-state index in [9.17, 15) is 0 Å². The molecule has 1 heteroatoms. The quantitative estimate of drug-likeness (QED) is 0.690. The highest BCUT2D eigenvalue weighted by atomic mass is 14.7. The van der Waals surface area contributed by atoms with Crippen molar-refractivity contribution in [3.63, 3.8) is 0 Å². The smallest absolute Gasteiger partial charge is 0.0664 e. The van der Waals surface area contributed by atoms with Crippen molar-refractivity contribution in [1.82, 2.24) is 4.98 Å². The van der Waals surface area contributed by atoms with Crippen LogP contribution < -0.4 is 0 Å². The average Bonchev–Trinajstić information content (AvgIpc) is 2.55. The normalized spacial score (nSPS) is 22.1. The van der Waals surface area contributed by atoms with E-state index in [2.05, 4.69) is 67.4 Å². The molecule has 0 amide bonds. The number of benzene rings is 1. The van der Waals surface area contributed by atoms with Crippen LogP contribution in [0.15, 0.2) is 42.6 Å². The first kappa shape index (κ1) is 15.0. The Morgan fingerprint density at radius 1 is 0.955 bits per heavy atom. The van der Waals surface area contributed by atoms with Crippen molar-refractivity contribution in [2.45, 2.75) is 45.4 Å². The molecular weight excluding hydrogens is 266 g/mol. The molecule has 1 aliphatic rings. The summed E-state index contributed by atoms with van der Waals surface area (Å²) in [7, 11) is 0. The number of hydrogen-bond acceptors (Lipinski definition) is 1. The van der Waals surface area contributed by atoms with Crippen LogP contribution in [0.3, 0.4) is 0 Å². The highest BCUT2D eigenvalue weighted by Crippen LogP contribution is 2.36. The maximum Gasteiger partial charge on any atom is 0.0664 e. The molecule has 0 bridgehead atoms. The van der Waals surface area contributed by atoms with E-state index < -0.39 is 0 Å². The Labute approximate surface area is 134 Å². The molecule has 0 N–H and O–H groups in total. The first-order chi connectivity index (χ1) is 10.7. The van der Waals surface area contributed by atoms with Crippen LogP contribution in [0.2, 0.25) is 0 Å². The van der Waals surface area contributed by atoms with Crippen LogP contribution in [0.4, 0.5) is 0 Å². The summed E-state index contributed by atoms with van der Waals surface area (Å²) in [5.41, 5.74) is 5.10. The lowest BCUT2D eigenvalue weighted by Crippen LogP contribution is -2.12. The zero-order valence-electron chi connectivity index (χ0n) is 13.6. The fourth-order valence-corrected chi connectivity index (χ4v) is 3.34. The first-order valence-electron chi connectivity index (χ1n) is 8.42. The van der Waals surface area contributed by atoms with Gasteiger partial charge in [-0.1, -0.05) is 61.7 Å². The van der Waals surface area contributed by atoms with E-state index in [1.165, 1.54) is 42.4 Å². The number of hydrogen-bond donors (Lipinski definition) is 0. The van der Waals surface area contributed by atoms with Gasteiger partial charge in [-0.05, 0) is 54.9 Å². The van der Waals surface area contributed by atoms with Crippen molar-refractivity contribution in [2.75, 3.05) is 0 Å². The molecule has 1 aromatic carbocycles. The SMILES string of the molecule is Cc1ccc(/C=C\c2ncccc2C2CCC(C)CC2)cc1. The van der Waals surface area contributed by atoms with E-state index >= 15 is 0 Å². The largest absolute Gasteiger partial charge is 0.257 e. The predicted molar refractivity (Wildman–Crippen MR) is 94.7 cm³/mol. The number of aromatic nitrogens is 1. The van der Waals surface area contributed by atoms with Gasteiger partial charge in [-0.25, -0.2) is 0 Å². The molecule has 0 radical (unpaired) electrons. The maximum absolute atomic E-state index is 4.62. The zero-order valence-corrected chi connectivity index (χ0v) is 13.6. The minimum atomic E-state index is 0.683. The topological polar surface area (TPSA) is 12.9 Å². The Bertz CT molecular complexity index is 631. The third kappa shape index (κ3) is 3.65. The van der Waals surface area contributed by atoms with Crippen LogP contribution in [0.1, 0.15) is 60.9 Å². The summed E-state index contributed by atoms with van der Waals surface area (Å²) in [5.74, 6) is 1.57. The highest BCUT2D eigenvalue weighted by Gasteiger charge is 2.21. The molecule has 0 aliphatic heterocycles. The van der Waals surface area contributed by atoms with Crippen molar-refractivity contribution in [1.29, 1.82) is 0 Å². The third-order valence-electron chi connectivity index (χ3n) is 4.84. The molecule has 1 heterocycles. The van der Waals surface area contributed by atoms with Crippen molar-refractivity contribution >= 4 is 12.2 Å². The van der Waals surface area contributed by atoms with Gasteiger partial charge in [-0.2, -0.15) is 0 Å². The lowest BCUT2D eigenvalue weighted by molar-refractivity contribution is 0.347. The van der Waals surface area contributed by atoms with Crippen LogP contribution in [0.25, 0.3) is 12.2 Å². The zero-order chi connectivity index (χ0) is 15.4. The van der Waals surface area contributed by atoms with Gasteiger partial charge >= 0.3 is 0 Å². The van der Waals surface area contributed by atoms with Crippen molar-refractivity contribution in [3.8, 4) is 0 Å². The molecule has 114 valence electrons. The second-order valence-corrected chi connectivity index (χ2v) is 6.68. The molecule has 0 atom stereocenters. The Balaban J connectivity index is 1.80. The first-order valence-corrected chi connectivity index (χ1v) is 8.42. The van der Waals surface area contributed by atoms with Gasteiger partial charge in [0.15, 0.2) is 0 Å². The summed E-state index contributed by atoms with van der Waals surface area (Å²) < 4.78 is 0. The fraction of sp³-hybridized carbons (Fsp3) is 0.381. The molecule has 3 rings (SSSR count). The summed E-state index contributed by atoms with van der Waals surface area (Å²) >= 11 is 0. The molecule has 22 heavy (non-hydrogen) atoms. The summed E-state index contributed by atoms with van der Waals surface area (Å²) in [6, 6.07) is 13.0. The van der Waals surface area contributed by atoms with Crippen LogP contribution in [0, 0.1) is 12.8 Å². The minimum absolute atomic E-state index is 0.683. The lowest BCUT2D eigenvalue weighted by Gasteiger charge is -2.27. The summed E-state index contributed by atoms with van der Waals surface area (Å²) in [5, 5.41) is 0. The van der Waals surface area contributed by atoms with E-state index in [1.807, 2.05) is 6.20 Å². The number of rotatable bonds is 3. The van der Waals surface area contributed by atoms with Gasteiger partial charge in [0.25, 0.3) is 0 Å². The van der Waals surface area contributed by atoms with Crippen LogP contribution in [0.5, 0.6) is 0 Å². The molecule has 1 aliphatic carbocycles. The number of nitrogens with zero attached hydrogens (tertiary/aromatic N) is 1. The highest BCUT2D eigenvalue weighted by molar-refractivity contribution is 5.69. The Morgan fingerprint density at radius 2 is 1.68 bits per heavy atom. The van der Waals surface area contributed by atoms with Gasteiger partial charge in [0, 0.05) is 6.20 Å². The monoisotopic (exact) mass is 291 g/mol. The Morgan fingerprint density at radius 3 is 2.41 bits per heavy atom. The molecule has 1 saturated carbocycles. The molecule has 1 nitrogen and oxygen atoms in total. The third-order valence-corrected chi connectivity index (χ3v) is 4.84. The molecule has 0 saturated heterocycles. The molecule has 0 unspecified atom stereocenters. The van der Waals surface area contributed by atoms with Crippen molar-refractivity contribution in [2.24, 2.45) is 5.92 Å². The van der Waals surface area contributed by atoms with Gasteiger partial charge in [0.2, 0.25) is 0 Å².